The predicted molar refractivity (Wildman–Crippen MR) is 120 cm³/mol. The van der Waals surface area contributed by atoms with Crippen LogP contribution >= 0.6 is 0 Å². The number of benzene rings is 1. The fourth-order valence-corrected chi connectivity index (χ4v) is 2.72. The third kappa shape index (κ3) is 5.14. The zero-order valence-electron chi connectivity index (χ0n) is 17.5. The Hall–Kier alpha value is -3.86. The second-order valence-electron chi connectivity index (χ2n) is 6.58. The van der Waals surface area contributed by atoms with Gasteiger partial charge in [-0.1, -0.05) is 5.92 Å². The lowest BCUT2D eigenvalue weighted by atomic mass is 10.1. The van der Waals surface area contributed by atoms with Crippen LogP contribution in [-0.4, -0.2) is 48.4 Å². The van der Waals surface area contributed by atoms with Crippen LogP contribution in [-0.2, 0) is 7.05 Å². The molecule has 0 saturated heterocycles. The number of anilines is 1. The van der Waals surface area contributed by atoms with E-state index in [1.54, 1.807) is 37.4 Å². The second kappa shape index (κ2) is 9.56. The fourth-order valence-electron chi connectivity index (χ4n) is 2.72. The molecule has 0 aliphatic carbocycles. The van der Waals surface area contributed by atoms with E-state index in [0.717, 1.165) is 11.3 Å². The Morgan fingerprint density at radius 3 is 2.60 bits per heavy atom. The number of hydrogen-bond donors (Lipinski definition) is 1. The molecule has 154 valence electrons. The summed E-state index contributed by atoms with van der Waals surface area (Å²) in [6.45, 7) is 2.20. The summed E-state index contributed by atoms with van der Waals surface area (Å²) in [5, 5.41) is 7.42. The largest absolute Gasteiger partial charge is 0.497 e. The molecule has 30 heavy (non-hydrogen) atoms. The molecule has 3 rings (SSSR count). The summed E-state index contributed by atoms with van der Waals surface area (Å²) in [4.78, 5) is 13.8. The molecule has 2 aromatic rings. The number of hydrogen-bond acceptors (Lipinski definition) is 6. The van der Waals surface area contributed by atoms with Crippen molar-refractivity contribution in [3.8, 4) is 23.8 Å². The van der Waals surface area contributed by atoms with Gasteiger partial charge >= 0.3 is 0 Å². The zero-order valence-corrected chi connectivity index (χ0v) is 17.5. The van der Waals surface area contributed by atoms with Crippen molar-refractivity contribution in [3.63, 3.8) is 0 Å². The van der Waals surface area contributed by atoms with E-state index in [2.05, 4.69) is 31.3 Å². The van der Waals surface area contributed by atoms with Crippen molar-refractivity contribution in [2.24, 2.45) is 27.9 Å². The highest BCUT2D eigenvalue weighted by Gasteiger charge is 2.15. The number of aliphatic imine (C=N–C) groups is 3. The Labute approximate surface area is 176 Å². The van der Waals surface area contributed by atoms with Gasteiger partial charge in [0.1, 0.15) is 23.9 Å². The Balaban J connectivity index is 1.85. The van der Waals surface area contributed by atoms with Gasteiger partial charge in [0.15, 0.2) is 5.84 Å². The van der Waals surface area contributed by atoms with Gasteiger partial charge in [0, 0.05) is 48.6 Å². The van der Waals surface area contributed by atoms with E-state index in [1.165, 1.54) is 0 Å². The van der Waals surface area contributed by atoms with Crippen LogP contribution in [0.2, 0.25) is 0 Å². The molecular formula is C22H24N6O2. The third-order valence-corrected chi connectivity index (χ3v) is 4.32. The summed E-state index contributed by atoms with van der Waals surface area (Å²) < 4.78 is 12.3. The molecule has 2 heterocycles. The summed E-state index contributed by atoms with van der Waals surface area (Å²) in [5.74, 6) is 4.46. The number of rotatable bonds is 7. The maximum Gasteiger partial charge on any atom is 0.175 e. The number of aromatic nitrogens is 2. The highest BCUT2D eigenvalue weighted by Crippen LogP contribution is 2.25. The van der Waals surface area contributed by atoms with Crippen LogP contribution in [0, 0.1) is 18.3 Å². The first-order valence-corrected chi connectivity index (χ1v) is 9.34. The smallest absolute Gasteiger partial charge is 0.175 e. The number of allylic oxidation sites excluding steroid dienone is 1. The minimum absolute atomic E-state index is 0.0897. The van der Waals surface area contributed by atoms with Gasteiger partial charge in [-0.2, -0.15) is 5.10 Å². The molecule has 1 unspecified atom stereocenters. The molecule has 8 heteroatoms. The van der Waals surface area contributed by atoms with Crippen LogP contribution in [0.4, 0.5) is 5.69 Å². The molecule has 0 saturated carbocycles. The number of nitrogens with zero attached hydrogens (tertiary/aromatic N) is 5. The highest BCUT2D eigenvalue weighted by molar-refractivity contribution is 6.42. The summed E-state index contributed by atoms with van der Waals surface area (Å²) >= 11 is 0. The van der Waals surface area contributed by atoms with Crippen molar-refractivity contribution in [2.45, 2.75) is 6.92 Å². The number of terminal acetylenes is 1. The van der Waals surface area contributed by atoms with Gasteiger partial charge in [0.25, 0.3) is 0 Å². The van der Waals surface area contributed by atoms with E-state index < -0.39 is 0 Å². The number of amidine groups is 1. The fraction of sp³-hybridized carbons (Fsp3) is 0.273. The molecule has 1 aromatic heterocycles. The molecule has 1 atom stereocenters. The second-order valence-corrected chi connectivity index (χ2v) is 6.58. The van der Waals surface area contributed by atoms with E-state index in [4.69, 9.17) is 15.9 Å². The first kappa shape index (κ1) is 20.9. The van der Waals surface area contributed by atoms with E-state index in [0.29, 0.717) is 28.7 Å². The first-order chi connectivity index (χ1) is 14.5. The Bertz CT molecular complexity index is 1050. The van der Waals surface area contributed by atoms with Crippen molar-refractivity contribution in [2.75, 3.05) is 26.2 Å². The molecule has 1 aliphatic heterocycles. The third-order valence-electron chi connectivity index (χ3n) is 4.32. The topological polar surface area (TPSA) is 85.4 Å². The molecule has 1 aliphatic rings. The van der Waals surface area contributed by atoms with E-state index >= 15 is 0 Å². The number of aryl methyl sites for hydroxylation is 1. The summed E-state index contributed by atoms with van der Waals surface area (Å²) in [6.07, 6.45) is 12.7. The van der Waals surface area contributed by atoms with Crippen molar-refractivity contribution in [3.05, 3.63) is 47.9 Å². The van der Waals surface area contributed by atoms with E-state index in [9.17, 15) is 0 Å². The average molecular weight is 404 g/mol. The lowest BCUT2D eigenvalue weighted by Crippen LogP contribution is -2.15. The van der Waals surface area contributed by atoms with Gasteiger partial charge in [-0.25, -0.2) is 9.98 Å². The Morgan fingerprint density at radius 2 is 2.00 bits per heavy atom. The quantitative estimate of drug-likeness (QED) is 0.719. The minimum atomic E-state index is -0.0897. The zero-order chi connectivity index (χ0) is 21.5. The Morgan fingerprint density at radius 1 is 1.27 bits per heavy atom. The molecule has 0 amide bonds. The number of methoxy groups -OCH3 is 2. The van der Waals surface area contributed by atoms with Crippen LogP contribution in [0.25, 0.3) is 0 Å². The van der Waals surface area contributed by atoms with Crippen molar-refractivity contribution >= 4 is 23.4 Å². The van der Waals surface area contributed by atoms with E-state index in [-0.39, 0.29) is 12.6 Å². The van der Waals surface area contributed by atoms with E-state index in [1.807, 2.05) is 38.4 Å². The SMILES string of the molecule is C#CC(C)/C=C1/N=CC(c2cnn(C)c2)=NC1=NCNc1cc(OC)cc(OC)c1. The number of ether oxygens (including phenoxy) is 2. The average Bonchev–Trinajstić information content (AvgIpc) is 3.20. The van der Waals surface area contributed by atoms with Crippen LogP contribution in [0.5, 0.6) is 11.5 Å². The molecule has 1 N–H and O–H groups in total. The summed E-state index contributed by atoms with van der Waals surface area (Å²) in [6, 6.07) is 5.53. The minimum Gasteiger partial charge on any atom is -0.497 e. The van der Waals surface area contributed by atoms with Crippen LogP contribution in [0.15, 0.2) is 57.3 Å². The standard InChI is InChI=1S/C22H24N6O2/c1-6-15(2)7-20-22(27-21(12-23-20)16-11-26-28(3)13-16)25-14-24-17-8-18(29-4)10-19(9-17)30-5/h1,7-13,15,24H,14H2,2-5H3/b20-7+,25-22?. The van der Waals surface area contributed by atoms with Crippen molar-refractivity contribution in [1.82, 2.24) is 9.78 Å². The number of nitrogens with one attached hydrogen (secondary N) is 1. The first-order valence-electron chi connectivity index (χ1n) is 9.34. The van der Waals surface area contributed by atoms with Crippen molar-refractivity contribution in [1.29, 1.82) is 0 Å². The molecular weight excluding hydrogens is 380 g/mol. The maximum atomic E-state index is 5.52. The van der Waals surface area contributed by atoms with Crippen LogP contribution < -0.4 is 14.8 Å². The van der Waals surface area contributed by atoms with Gasteiger partial charge in [-0.05, 0) is 13.0 Å². The van der Waals surface area contributed by atoms with Crippen molar-refractivity contribution < 1.29 is 9.47 Å². The van der Waals surface area contributed by atoms with Gasteiger partial charge in [-0.15, -0.1) is 6.42 Å². The molecule has 0 radical (unpaired) electrons. The predicted octanol–water partition coefficient (Wildman–Crippen LogP) is 2.93. The van der Waals surface area contributed by atoms with Gasteiger partial charge in [0.2, 0.25) is 0 Å². The Kier molecular flexibility index (Phi) is 6.65. The highest BCUT2D eigenvalue weighted by atomic mass is 16.5. The molecule has 8 nitrogen and oxygen atoms in total. The van der Waals surface area contributed by atoms with Crippen LogP contribution in [0.3, 0.4) is 0 Å². The molecule has 1 aromatic carbocycles. The maximum absolute atomic E-state index is 5.52. The van der Waals surface area contributed by atoms with Gasteiger partial charge in [0.05, 0.1) is 32.3 Å². The molecule has 0 spiro atoms. The lowest BCUT2D eigenvalue weighted by molar-refractivity contribution is 0.394. The van der Waals surface area contributed by atoms with Gasteiger partial charge < -0.3 is 14.8 Å². The molecule has 0 bridgehead atoms. The summed E-state index contributed by atoms with van der Waals surface area (Å²) in [5.41, 5.74) is 3.01. The summed E-state index contributed by atoms with van der Waals surface area (Å²) in [7, 11) is 5.07. The van der Waals surface area contributed by atoms with Crippen LogP contribution in [0.1, 0.15) is 12.5 Å². The monoisotopic (exact) mass is 404 g/mol. The van der Waals surface area contributed by atoms with Gasteiger partial charge in [-0.3, -0.25) is 9.67 Å². The normalized spacial score (nSPS) is 16.8. The molecule has 0 fully saturated rings. The lowest BCUT2D eigenvalue weighted by Gasteiger charge is -2.12.